The molecular weight excluding hydrogens is 322 g/mol. The Hall–Kier alpha value is -2.12. The fraction of sp³-hybridized carbons (Fsp3) is 0.545. The molecule has 4 nitrogen and oxygen atoms in total. The summed E-state index contributed by atoms with van der Waals surface area (Å²) in [5.74, 6) is 2.15. The molecule has 0 N–H and O–H groups in total. The van der Waals surface area contributed by atoms with Gasteiger partial charge in [0.25, 0.3) is 0 Å². The molecule has 2 aliphatic rings. The van der Waals surface area contributed by atoms with Crippen LogP contribution < -0.4 is 0 Å². The highest BCUT2D eigenvalue weighted by atomic mass is 16.5. The minimum Gasteiger partial charge on any atom is -0.370 e. The minimum absolute atomic E-state index is 0.135. The van der Waals surface area contributed by atoms with Crippen LogP contribution in [0.5, 0.6) is 0 Å². The summed E-state index contributed by atoms with van der Waals surface area (Å²) in [5.41, 5.74) is 2.69. The fourth-order valence-corrected chi connectivity index (χ4v) is 4.44. The van der Waals surface area contributed by atoms with Gasteiger partial charge in [-0.2, -0.15) is 5.26 Å². The van der Waals surface area contributed by atoms with Gasteiger partial charge in [-0.15, -0.1) is 0 Å². The number of hydrogen-bond donors (Lipinski definition) is 0. The fourth-order valence-electron chi connectivity index (χ4n) is 4.44. The van der Waals surface area contributed by atoms with Crippen molar-refractivity contribution in [2.75, 3.05) is 0 Å². The Balaban J connectivity index is 1.71. The molecule has 26 heavy (non-hydrogen) atoms. The molecule has 0 atom stereocenters. The van der Waals surface area contributed by atoms with Gasteiger partial charge >= 0.3 is 0 Å². The van der Waals surface area contributed by atoms with Crippen molar-refractivity contribution < 1.29 is 4.74 Å². The largest absolute Gasteiger partial charge is 0.370 e. The maximum Gasteiger partial charge on any atom is 0.116 e. The molecule has 1 aliphatic carbocycles. The maximum atomic E-state index is 9.04. The van der Waals surface area contributed by atoms with Crippen LogP contribution in [0.1, 0.15) is 82.3 Å². The Bertz CT molecular complexity index is 835. The van der Waals surface area contributed by atoms with Gasteiger partial charge < -0.3 is 9.30 Å². The summed E-state index contributed by atoms with van der Waals surface area (Å²) in [6, 6.07) is 10.00. The summed E-state index contributed by atoms with van der Waals surface area (Å²) in [6.07, 6.45) is 6.64. The predicted octanol–water partition coefficient (Wildman–Crippen LogP) is 5.07. The van der Waals surface area contributed by atoms with Crippen LogP contribution in [0.4, 0.5) is 0 Å². The summed E-state index contributed by atoms with van der Waals surface area (Å²) in [5, 5.41) is 9.04. The van der Waals surface area contributed by atoms with Crippen LogP contribution in [0.3, 0.4) is 0 Å². The molecule has 0 spiro atoms. The molecule has 2 aromatic rings. The SMILES string of the molecule is CC1(C)CC(c2cn(-c3ccc(C#N)cc3)c(C3CC3)n2)CC(C)(C)O1. The maximum absolute atomic E-state index is 9.04. The Morgan fingerprint density at radius 2 is 1.65 bits per heavy atom. The first-order valence-corrected chi connectivity index (χ1v) is 9.56. The van der Waals surface area contributed by atoms with Crippen molar-refractivity contribution in [2.45, 2.75) is 76.4 Å². The third-order valence-corrected chi connectivity index (χ3v) is 5.42. The molecule has 1 saturated heterocycles. The normalized spacial score (nSPS) is 22.1. The van der Waals surface area contributed by atoms with Crippen molar-refractivity contribution in [3.8, 4) is 11.8 Å². The highest BCUT2D eigenvalue weighted by Crippen LogP contribution is 2.45. The van der Waals surface area contributed by atoms with E-state index in [-0.39, 0.29) is 11.2 Å². The summed E-state index contributed by atoms with van der Waals surface area (Å²) >= 11 is 0. The van der Waals surface area contributed by atoms with E-state index in [1.54, 1.807) is 0 Å². The molecule has 4 rings (SSSR count). The molecule has 1 saturated carbocycles. The lowest BCUT2D eigenvalue weighted by Crippen LogP contribution is -2.44. The zero-order valence-corrected chi connectivity index (χ0v) is 16.1. The van der Waals surface area contributed by atoms with Crippen molar-refractivity contribution in [3.05, 3.63) is 47.5 Å². The van der Waals surface area contributed by atoms with E-state index in [1.165, 1.54) is 24.4 Å². The van der Waals surface area contributed by atoms with Crippen LogP contribution in [-0.2, 0) is 4.74 Å². The quantitative estimate of drug-likeness (QED) is 0.777. The molecule has 4 heteroatoms. The topological polar surface area (TPSA) is 50.8 Å². The number of rotatable bonds is 3. The number of nitrogens with zero attached hydrogens (tertiary/aromatic N) is 3. The zero-order valence-electron chi connectivity index (χ0n) is 16.1. The van der Waals surface area contributed by atoms with Gasteiger partial charge in [0, 0.05) is 23.7 Å². The van der Waals surface area contributed by atoms with Crippen molar-refractivity contribution >= 4 is 0 Å². The molecule has 2 heterocycles. The number of benzene rings is 1. The van der Waals surface area contributed by atoms with E-state index in [0.29, 0.717) is 17.4 Å². The van der Waals surface area contributed by atoms with Crippen molar-refractivity contribution in [3.63, 3.8) is 0 Å². The van der Waals surface area contributed by atoms with E-state index >= 15 is 0 Å². The Morgan fingerprint density at radius 3 is 2.19 bits per heavy atom. The first-order chi connectivity index (χ1) is 12.3. The van der Waals surface area contributed by atoms with Gasteiger partial charge in [0.15, 0.2) is 0 Å². The third kappa shape index (κ3) is 3.41. The summed E-state index contributed by atoms with van der Waals surface area (Å²) < 4.78 is 8.49. The average molecular weight is 349 g/mol. The molecule has 1 aromatic heterocycles. The van der Waals surface area contributed by atoms with Gasteiger partial charge in [0.2, 0.25) is 0 Å². The first-order valence-electron chi connectivity index (χ1n) is 9.56. The van der Waals surface area contributed by atoms with Crippen LogP contribution >= 0.6 is 0 Å². The molecule has 1 aromatic carbocycles. The van der Waals surface area contributed by atoms with Crippen LogP contribution in [0.2, 0.25) is 0 Å². The molecule has 0 bridgehead atoms. The summed E-state index contributed by atoms with van der Waals surface area (Å²) in [4.78, 5) is 5.09. The second kappa shape index (κ2) is 5.96. The molecule has 136 valence electrons. The Labute approximate surface area is 155 Å². The first kappa shape index (κ1) is 17.3. The molecular formula is C22H27N3O. The van der Waals surface area contributed by atoms with Gasteiger partial charge in [0.05, 0.1) is 28.5 Å². The molecule has 2 fully saturated rings. The average Bonchev–Trinajstić information content (AvgIpc) is 3.30. The third-order valence-electron chi connectivity index (χ3n) is 5.42. The number of ether oxygens (including phenoxy) is 1. The van der Waals surface area contributed by atoms with E-state index in [1.807, 2.05) is 24.3 Å². The molecule has 1 aliphatic heterocycles. The van der Waals surface area contributed by atoms with Crippen molar-refractivity contribution in [1.82, 2.24) is 9.55 Å². The van der Waals surface area contributed by atoms with Gasteiger partial charge in [-0.25, -0.2) is 4.98 Å². The van der Waals surface area contributed by atoms with Crippen LogP contribution in [0.15, 0.2) is 30.5 Å². The Kier molecular flexibility index (Phi) is 3.96. The highest BCUT2D eigenvalue weighted by Gasteiger charge is 2.41. The Morgan fingerprint density at radius 1 is 1.04 bits per heavy atom. The highest BCUT2D eigenvalue weighted by molar-refractivity contribution is 5.41. The summed E-state index contributed by atoms with van der Waals surface area (Å²) in [7, 11) is 0. The molecule has 0 amide bonds. The second-order valence-electron chi connectivity index (χ2n) is 9.05. The van der Waals surface area contributed by atoms with E-state index in [2.05, 4.69) is 44.5 Å². The van der Waals surface area contributed by atoms with Gasteiger partial charge in [-0.05, 0) is 77.6 Å². The minimum atomic E-state index is -0.135. The van der Waals surface area contributed by atoms with Crippen molar-refractivity contribution in [1.29, 1.82) is 5.26 Å². The molecule has 0 unspecified atom stereocenters. The summed E-state index contributed by atoms with van der Waals surface area (Å²) in [6.45, 7) is 8.72. The van der Waals surface area contributed by atoms with E-state index < -0.39 is 0 Å². The number of aromatic nitrogens is 2. The lowest BCUT2D eigenvalue weighted by molar-refractivity contribution is -0.162. The second-order valence-corrected chi connectivity index (χ2v) is 9.05. The smallest absolute Gasteiger partial charge is 0.116 e. The monoisotopic (exact) mass is 349 g/mol. The lowest BCUT2D eigenvalue weighted by Gasteiger charge is -2.45. The van der Waals surface area contributed by atoms with E-state index in [0.717, 1.165) is 18.5 Å². The molecule has 0 radical (unpaired) electrons. The lowest BCUT2D eigenvalue weighted by atomic mass is 9.79. The van der Waals surface area contributed by atoms with Gasteiger partial charge in [-0.3, -0.25) is 0 Å². The van der Waals surface area contributed by atoms with E-state index in [9.17, 15) is 0 Å². The van der Waals surface area contributed by atoms with Gasteiger partial charge in [0.1, 0.15) is 5.82 Å². The van der Waals surface area contributed by atoms with Crippen molar-refractivity contribution in [2.24, 2.45) is 0 Å². The zero-order chi connectivity index (χ0) is 18.5. The van der Waals surface area contributed by atoms with E-state index in [4.69, 9.17) is 15.0 Å². The number of imidazole rings is 1. The van der Waals surface area contributed by atoms with Crippen LogP contribution in [0.25, 0.3) is 5.69 Å². The standard InChI is InChI=1S/C22H27N3O/c1-21(2)11-17(12-22(3,4)26-21)19-14-25(20(24-19)16-7-8-16)18-9-5-15(13-23)6-10-18/h5-6,9-10,14,16-17H,7-8,11-12H2,1-4H3. The number of nitriles is 1. The number of hydrogen-bond acceptors (Lipinski definition) is 3. The van der Waals surface area contributed by atoms with Crippen LogP contribution in [-0.4, -0.2) is 20.8 Å². The van der Waals surface area contributed by atoms with Gasteiger partial charge in [-0.1, -0.05) is 0 Å². The predicted molar refractivity (Wildman–Crippen MR) is 101 cm³/mol. The van der Waals surface area contributed by atoms with Crippen LogP contribution in [0, 0.1) is 11.3 Å².